The molecule has 1 atom stereocenters. The second-order valence-corrected chi connectivity index (χ2v) is 7.59. The number of carbonyl (C=O) groups is 1. The summed E-state index contributed by atoms with van der Waals surface area (Å²) in [5, 5.41) is 23.9. The van der Waals surface area contributed by atoms with Gasteiger partial charge in [0, 0.05) is 46.5 Å². The van der Waals surface area contributed by atoms with Gasteiger partial charge >= 0.3 is 6.09 Å². The van der Waals surface area contributed by atoms with Crippen LogP contribution in [0.2, 0.25) is 0 Å². The third-order valence-electron chi connectivity index (χ3n) is 5.77. The first-order chi connectivity index (χ1) is 14.9. The third-order valence-corrected chi connectivity index (χ3v) is 5.77. The minimum Gasteiger partial charge on any atom is -0.465 e. The number of morpholine rings is 1. The maximum absolute atomic E-state index is 11.5. The number of benzene rings is 2. The number of anilines is 2. The zero-order valence-electron chi connectivity index (χ0n) is 17.1. The number of hydrogen-bond acceptors (Lipinski definition) is 5. The van der Waals surface area contributed by atoms with E-state index >= 15 is 0 Å². The lowest BCUT2D eigenvalue weighted by molar-refractivity contribution is -0.481. The standard InChI is InChI=1S/C22H24N4O5/c1-14-16(3-2-4-20(14)24-22(27)28)19(13-26(29)30)18-12-23-21-11-15(5-6-17(18)21)25-7-9-31-10-8-25/h2-6,11-12,19,23-24H,7-10,13H2,1H3,(H,27,28). The van der Waals surface area contributed by atoms with Crippen LogP contribution in [0, 0.1) is 17.0 Å². The lowest BCUT2D eigenvalue weighted by Gasteiger charge is -2.28. The van der Waals surface area contributed by atoms with Crippen LogP contribution in [0.3, 0.4) is 0 Å². The predicted molar refractivity (Wildman–Crippen MR) is 118 cm³/mol. The third kappa shape index (κ3) is 4.31. The van der Waals surface area contributed by atoms with Gasteiger partial charge in [0.15, 0.2) is 0 Å². The van der Waals surface area contributed by atoms with Crippen LogP contribution in [-0.4, -0.2) is 54.0 Å². The zero-order chi connectivity index (χ0) is 22.0. The highest BCUT2D eigenvalue weighted by molar-refractivity contribution is 5.88. The molecule has 9 heteroatoms. The lowest BCUT2D eigenvalue weighted by Crippen LogP contribution is -2.36. The number of H-pyrrole nitrogens is 1. The molecule has 3 aromatic rings. The van der Waals surface area contributed by atoms with Gasteiger partial charge in [0.2, 0.25) is 6.54 Å². The number of hydrogen-bond donors (Lipinski definition) is 3. The molecule has 162 valence electrons. The summed E-state index contributed by atoms with van der Waals surface area (Å²) in [7, 11) is 0. The van der Waals surface area contributed by atoms with Crippen molar-refractivity contribution >= 4 is 28.4 Å². The van der Waals surface area contributed by atoms with E-state index in [9.17, 15) is 14.9 Å². The van der Waals surface area contributed by atoms with Gasteiger partial charge in [-0.05, 0) is 41.8 Å². The lowest BCUT2D eigenvalue weighted by atomic mass is 9.87. The van der Waals surface area contributed by atoms with Crippen molar-refractivity contribution in [2.24, 2.45) is 0 Å². The minimum absolute atomic E-state index is 0.296. The fraction of sp³-hybridized carbons (Fsp3) is 0.318. The van der Waals surface area contributed by atoms with Gasteiger partial charge in [-0.1, -0.05) is 18.2 Å². The molecule has 9 nitrogen and oxygen atoms in total. The van der Waals surface area contributed by atoms with E-state index in [1.165, 1.54) is 0 Å². The summed E-state index contributed by atoms with van der Waals surface area (Å²) in [6, 6.07) is 11.3. The Morgan fingerprint density at radius 3 is 2.77 bits per heavy atom. The molecule has 31 heavy (non-hydrogen) atoms. The summed E-state index contributed by atoms with van der Waals surface area (Å²) in [5.41, 5.74) is 4.63. The zero-order valence-corrected chi connectivity index (χ0v) is 17.1. The van der Waals surface area contributed by atoms with Crippen molar-refractivity contribution in [2.75, 3.05) is 43.1 Å². The van der Waals surface area contributed by atoms with Crippen molar-refractivity contribution in [1.29, 1.82) is 0 Å². The van der Waals surface area contributed by atoms with Crippen LogP contribution in [0.5, 0.6) is 0 Å². The van der Waals surface area contributed by atoms with Gasteiger partial charge in [0.25, 0.3) is 0 Å². The number of carboxylic acid groups (broad SMARTS) is 1. The van der Waals surface area contributed by atoms with Gasteiger partial charge in [-0.2, -0.15) is 0 Å². The first-order valence-corrected chi connectivity index (χ1v) is 10.1. The van der Waals surface area contributed by atoms with Gasteiger partial charge in [-0.3, -0.25) is 15.4 Å². The number of fused-ring (bicyclic) bond motifs is 1. The molecule has 1 aliphatic rings. The largest absolute Gasteiger partial charge is 0.465 e. The average Bonchev–Trinajstić information content (AvgIpc) is 3.17. The summed E-state index contributed by atoms with van der Waals surface area (Å²) in [6.07, 6.45) is 0.646. The van der Waals surface area contributed by atoms with E-state index in [1.807, 2.05) is 24.4 Å². The number of aromatic nitrogens is 1. The summed E-state index contributed by atoms with van der Waals surface area (Å²) in [6.45, 7) is 4.52. The maximum atomic E-state index is 11.5. The smallest absolute Gasteiger partial charge is 0.409 e. The van der Waals surface area contributed by atoms with Crippen LogP contribution in [-0.2, 0) is 4.74 Å². The molecule has 4 rings (SSSR count). The number of rotatable bonds is 6. The molecule has 3 N–H and O–H groups in total. The topological polar surface area (TPSA) is 121 Å². The van der Waals surface area contributed by atoms with Crippen molar-refractivity contribution in [1.82, 2.24) is 4.98 Å². The van der Waals surface area contributed by atoms with Crippen LogP contribution in [0.1, 0.15) is 22.6 Å². The van der Waals surface area contributed by atoms with Gasteiger partial charge in [-0.15, -0.1) is 0 Å². The van der Waals surface area contributed by atoms with Crippen molar-refractivity contribution < 1.29 is 19.6 Å². The highest BCUT2D eigenvalue weighted by Crippen LogP contribution is 2.36. The molecule has 0 saturated carbocycles. The first kappa shape index (κ1) is 20.7. The second kappa shape index (κ2) is 8.65. The molecule has 1 unspecified atom stereocenters. The Balaban J connectivity index is 1.75. The Kier molecular flexibility index (Phi) is 5.77. The quantitative estimate of drug-likeness (QED) is 0.409. The maximum Gasteiger partial charge on any atom is 0.409 e. The van der Waals surface area contributed by atoms with Crippen LogP contribution in [0.4, 0.5) is 16.2 Å². The molecular formula is C22H24N4O5. The van der Waals surface area contributed by atoms with Crippen molar-refractivity contribution in [3.05, 3.63) is 69.4 Å². The molecule has 1 saturated heterocycles. The Labute approximate surface area is 178 Å². The highest BCUT2D eigenvalue weighted by atomic mass is 16.6. The monoisotopic (exact) mass is 424 g/mol. The molecular weight excluding hydrogens is 400 g/mol. The van der Waals surface area contributed by atoms with E-state index in [1.54, 1.807) is 19.1 Å². The van der Waals surface area contributed by atoms with E-state index in [0.717, 1.165) is 40.8 Å². The van der Waals surface area contributed by atoms with Gasteiger partial charge in [0.05, 0.1) is 19.1 Å². The summed E-state index contributed by atoms with van der Waals surface area (Å²) < 4.78 is 5.42. The Hall–Kier alpha value is -3.59. The highest BCUT2D eigenvalue weighted by Gasteiger charge is 2.26. The van der Waals surface area contributed by atoms with Crippen molar-refractivity contribution in [3.63, 3.8) is 0 Å². The van der Waals surface area contributed by atoms with Crippen LogP contribution in [0.25, 0.3) is 10.9 Å². The molecule has 1 aliphatic heterocycles. The Morgan fingerprint density at radius 1 is 1.29 bits per heavy atom. The van der Waals surface area contributed by atoms with Crippen molar-refractivity contribution in [2.45, 2.75) is 12.8 Å². The molecule has 1 aromatic heterocycles. The van der Waals surface area contributed by atoms with E-state index in [-0.39, 0.29) is 11.5 Å². The van der Waals surface area contributed by atoms with Crippen molar-refractivity contribution in [3.8, 4) is 0 Å². The number of nitrogens with one attached hydrogen (secondary N) is 2. The first-order valence-electron chi connectivity index (χ1n) is 10.1. The van der Waals surface area contributed by atoms with Crippen LogP contribution < -0.4 is 10.2 Å². The second-order valence-electron chi connectivity index (χ2n) is 7.59. The number of nitro groups is 1. The van der Waals surface area contributed by atoms with E-state index in [4.69, 9.17) is 9.84 Å². The predicted octanol–water partition coefficient (Wildman–Crippen LogP) is 3.81. The van der Waals surface area contributed by atoms with E-state index in [0.29, 0.717) is 24.5 Å². The molecule has 1 amide bonds. The van der Waals surface area contributed by atoms with E-state index < -0.39 is 12.0 Å². The molecule has 2 heterocycles. The fourth-order valence-corrected chi connectivity index (χ4v) is 4.24. The summed E-state index contributed by atoms with van der Waals surface area (Å²) in [4.78, 5) is 27.8. The number of nitrogens with zero attached hydrogens (tertiary/aromatic N) is 2. The molecule has 2 aromatic carbocycles. The summed E-state index contributed by atoms with van der Waals surface area (Å²) >= 11 is 0. The Morgan fingerprint density at radius 2 is 2.06 bits per heavy atom. The SMILES string of the molecule is Cc1c(NC(=O)O)cccc1C(C[N+](=O)[O-])c1c[nH]c2cc(N3CCOCC3)ccc12. The van der Waals surface area contributed by atoms with E-state index in [2.05, 4.69) is 21.3 Å². The molecule has 0 radical (unpaired) electrons. The Bertz CT molecular complexity index is 1120. The minimum atomic E-state index is -1.17. The average molecular weight is 424 g/mol. The fourth-order valence-electron chi connectivity index (χ4n) is 4.24. The van der Waals surface area contributed by atoms with Crippen LogP contribution >= 0.6 is 0 Å². The van der Waals surface area contributed by atoms with Crippen LogP contribution in [0.15, 0.2) is 42.6 Å². The molecule has 0 bridgehead atoms. The number of ether oxygens (including phenoxy) is 1. The molecule has 0 spiro atoms. The number of amides is 1. The van der Waals surface area contributed by atoms with Gasteiger partial charge < -0.3 is 19.7 Å². The molecule has 1 fully saturated rings. The normalized spacial score (nSPS) is 15.1. The van der Waals surface area contributed by atoms with Gasteiger partial charge in [-0.25, -0.2) is 4.79 Å². The van der Waals surface area contributed by atoms with Gasteiger partial charge in [0.1, 0.15) is 0 Å². The summed E-state index contributed by atoms with van der Waals surface area (Å²) in [5.74, 6) is -0.520. The number of aromatic amines is 1. The molecule has 0 aliphatic carbocycles.